The second kappa shape index (κ2) is 4.67. The Balaban J connectivity index is 2.38. The van der Waals surface area contributed by atoms with Gasteiger partial charge >= 0.3 is 0 Å². The number of imidazole rings is 1. The van der Waals surface area contributed by atoms with Crippen LogP contribution in [0.15, 0.2) is 12.1 Å². The van der Waals surface area contributed by atoms with E-state index < -0.39 is 0 Å². The van der Waals surface area contributed by atoms with Crippen LogP contribution in [0.2, 0.25) is 0 Å². The second-order valence-corrected chi connectivity index (χ2v) is 4.22. The molecule has 2 aromatic heterocycles. The molecule has 2 N–H and O–H groups in total. The number of nitrogens with zero attached hydrogens (tertiary/aromatic N) is 2. The Kier molecular flexibility index (Phi) is 3.23. The van der Waals surface area contributed by atoms with E-state index in [0.717, 1.165) is 16.9 Å². The molecule has 0 unspecified atom stereocenters. The van der Waals surface area contributed by atoms with Gasteiger partial charge in [-0.15, -0.1) is 0 Å². The third-order valence-corrected chi connectivity index (χ3v) is 2.92. The van der Waals surface area contributed by atoms with Gasteiger partial charge in [0.05, 0.1) is 5.52 Å². The fourth-order valence-electron chi connectivity index (χ4n) is 1.67. The number of hydrogen-bond acceptors (Lipinski definition) is 3. The van der Waals surface area contributed by atoms with Crippen LogP contribution in [0.1, 0.15) is 12.1 Å². The topological polar surface area (TPSA) is 62.7 Å². The predicted molar refractivity (Wildman–Crippen MR) is 68.3 cm³/mol. The Bertz CT molecular complexity index is 613. The van der Waals surface area contributed by atoms with Crippen molar-refractivity contribution >= 4 is 29.3 Å². The lowest BCUT2D eigenvalue weighted by atomic mass is 10.3. The monoisotopic (exact) mass is 250 g/mol. The van der Waals surface area contributed by atoms with Gasteiger partial charge in [-0.25, -0.2) is 4.98 Å². The van der Waals surface area contributed by atoms with Gasteiger partial charge in [-0.1, -0.05) is 0 Å². The number of aryl methyl sites for hydroxylation is 2. The summed E-state index contributed by atoms with van der Waals surface area (Å²) in [5.74, 6) is -0.00565. The summed E-state index contributed by atoms with van der Waals surface area (Å²) < 4.78 is 2.45. The summed E-state index contributed by atoms with van der Waals surface area (Å²) >= 11 is 5.22. The molecule has 0 radical (unpaired) electrons. The van der Waals surface area contributed by atoms with Gasteiger partial charge in [0.2, 0.25) is 5.91 Å². The minimum absolute atomic E-state index is 0.00565. The number of H-pyrrole nitrogens is 1. The van der Waals surface area contributed by atoms with Crippen molar-refractivity contribution < 1.29 is 4.79 Å². The average Bonchev–Trinajstić information content (AvgIpc) is 2.61. The molecule has 90 valence electrons. The fourth-order valence-corrected chi connectivity index (χ4v) is 1.96. The number of nitrogens with one attached hydrogen (secondary N) is 2. The smallest absolute Gasteiger partial charge is 0.221 e. The normalized spacial score (nSPS) is 10.7. The van der Waals surface area contributed by atoms with Crippen molar-refractivity contribution in [1.82, 2.24) is 19.9 Å². The van der Waals surface area contributed by atoms with Gasteiger partial charge in [-0.3, -0.25) is 4.79 Å². The quantitative estimate of drug-likeness (QED) is 0.812. The van der Waals surface area contributed by atoms with Crippen LogP contribution in [-0.2, 0) is 11.3 Å². The molecule has 0 saturated carbocycles. The van der Waals surface area contributed by atoms with Gasteiger partial charge in [-0.05, 0) is 31.3 Å². The van der Waals surface area contributed by atoms with E-state index in [-0.39, 0.29) is 5.91 Å². The number of carbonyl (C=O) groups is 1. The van der Waals surface area contributed by atoms with Crippen molar-refractivity contribution in [2.75, 3.05) is 7.05 Å². The van der Waals surface area contributed by atoms with E-state index in [1.165, 1.54) is 0 Å². The van der Waals surface area contributed by atoms with Crippen LogP contribution in [0.25, 0.3) is 11.2 Å². The van der Waals surface area contributed by atoms with E-state index in [4.69, 9.17) is 12.2 Å². The van der Waals surface area contributed by atoms with Crippen LogP contribution in [0.5, 0.6) is 0 Å². The standard InChI is InChI=1S/C11H14N4OS/c1-7-3-4-8-10(13-7)15(11(17)14-8)6-5-9(16)12-2/h3-4H,5-6H2,1-2H3,(H,12,16)(H,14,17). The molecule has 6 heteroatoms. The molecular formula is C11H14N4OS. The average molecular weight is 250 g/mol. The zero-order valence-corrected chi connectivity index (χ0v) is 10.6. The van der Waals surface area contributed by atoms with E-state index in [1.54, 1.807) is 7.05 Å². The van der Waals surface area contributed by atoms with Gasteiger partial charge in [0.25, 0.3) is 0 Å². The van der Waals surface area contributed by atoms with Crippen molar-refractivity contribution in [3.8, 4) is 0 Å². The highest BCUT2D eigenvalue weighted by Gasteiger charge is 2.07. The van der Waals surface area contributed by atoms with Crippen molar-refractivity contribution in [2.45, 2.75) is 19.9 Å². The van der Waals surface area contributed by atoms with Crippen LogP contribution in [0.3, 0.4) is 0 Å². The Morgan fingerprint density at radius 3 is 3.06 bits per heavy atom. The maximum absolute atomic E-state index is 11.2. The van der Waals surface area contributed by atoms with Crippen LogP contribution in [0, 0.1) is 11.7 Å². The van der Waals surface area contributed by atoms with Crippen molar-refractivity contribution in [2.24, 2.45) is 0 Å². The Labute approximate surface area is 104 Å². The molecule has 2 aromatic rings. The number of hydrogen-bond donors (Lipinski definition) is 2. The van der Waals surface area contributed by atoms with Crippen LogP contribution in [0.4, 0.5) is 0 Å². The first-order chi connectivity index (χ1) is 8.11. The number of aromatic amines is 1. The van der Waals surface area contributed by atoms with Gasteiger partial charge < -0.3 is 14.9 Å². The van der Waals surface area contributed by atoms with E-state index in [2.05, 4.69) is 15.3 Å². The summed E-state index contributed by atoms with van der Waals surface area (Å²) in [5, 5.41) is 2.59. The Hall–Kier alpha value is -1.69. The molecule has 17 heavy (non-hydrogen) atoms. The lowest BCUT2D eigenvalue weighted by Gasteiger charge is -2.03. The number of aromatic nitrogens is 3. The number of rotatable bonds is 3. The van der Waals surface area contributed by atoms with Crippen molar-refractivity contribution in [3.05, 3.63) is 22.6 Å². The SMILES string of the molecule is CNC(=O)CCn1c(=S)[nH]c2ccc(C)nc21. The third-order valence-electron chi connectivity index (χ3n) is 2.60. The van der Waals surface area contributed by atoms with E-state index >= 15 is 0 Å². The lowest BCUT2D eigenvalue weighted by molar-refractivity contribution is -0.120. The van der Waals surface area contributed by atoms with Crippen LogP contribution in [-0.4, -0.2) is 27.5 Å². The molecule has 0 aliphatic carbocycles. The molecule has 0 aromatic carbocycles. The molecular weight excluding hydrogens is 236 g/mol. The molecule has 0 atom stereocenters. The van der Waals surface area contributed by atoms with Gasteiger partial charge in [0, 0.05) is 25.7 Å². The van der Waals surface area contributed by atoms with E-state index in [9.17, 15) is 4.79 Å². The maximum atomic E-state index is 11.2. The van der Waals surface area contributed by atoms with Gasteiger partial charge in [0.15, 0.2) is 10.4 Å². The lowest BCUT2D eigenvalue weighted by Crippen LogP contribution is -2.19. The summed E-state index contributed by atoms with van der Waals surface area (Å²) in [6.45, 7) is 2.47. The van der Waals surface area contributed by atoms with Gasteiger partial charge in [-0.2, -0.15) is 0 Å². The fraction of sp³-hybridized carbons (Fsp3) is 0.364. The maximum Gasteiger partial charge on any atom is 0.221 e. The third kappa shape index (κ3) is 2.36. The largest absolute Gasteiger partial charge is 0.359 e. The highest BCUT2D eigenvalue weighted by molar-refractivity contribution is 7.71. The zero-order valence-electron chi connectivity index (χ0n) is 9.78. The van der Waals surface area contributed by atoms with Gasteiger partial charge in [0.1, 0.15) is 0 Å². The van der Waals surface area contributed by atoms with Crippen LogP contribution >= 0.6 is 12.2 Å². The number of amides is 1. The molecule has 0 spiro atoms. The van der Waals surface area contributed by atoms with E-state index in [1.807, 2.05) is 23.6 Å². The molecule has 0 aliphatic rings. The minimum atomic E-state index is -0.00565. The summed E-state index contributed by atoms with van der Waals surface area (Å²) in [6, 6.07) is 3.88. The Morgan fingerprint density at radius 2 is 2.35 bits per heavy atom. The molecule has 0 aliphatic heterocycles. The van der Waals surface area contributed by atoms with Crippen molar-refractivity contribution in [1.29, 1.82) is 0 Å². The molecule has 0 bridgehead atoms. The summed E-state index contributed by atoms with van der Waals surface area (Å²) in [5.41, 5.74) is 2.64. The highest BCUT2D eigenvalue weighted by atomic mass is 32.1. The second-order valence-electron chi connectivity index (χ2n) is 3.83. The predicted octanol–water partition coefficient (Wildman–Crippen LogP) is 1.54. The first kappa shape index (κ1) is 11.8. The first-order valence-corrected chi connectivity index (χ1v) is 5.79. The highest BCUT2D eigenvalue weighted by Crippen LogP contribution is 2.12. The number of pyridine rings is 1. The molecule has 0 fully saturated rings. The molecule has 1 amide bonds. The Morgan fingerprint density at radius 1 is 1.59 bits per heavy atom. The minimum Gasteiger partial charge on any atom is -0.359 e. The van der Waals surface area contributed by atoms with Crippen molar-refractivity contribution in [3.63, 3.8) is 0 Å². The number of carbonyl (C=O) groups excluding carboxylic acids is 1. The summed E-state index contributed by atoms with van der Waals surface area (Å²) in [7, 11) is 1.62. The molecule has 2 heterocycles. The van der Waals surface area contributed by atoms with Crippen LogP contribution < -0.4 is 5.32 Å². The van der Waals surface area contributed by atoms with E-state index in [0.29, 0.717) is 17.7 Å². The zero-order chi connectivity index (χ0) is 12.4. The number of fused-ring (bicyclic) bond motifs is 1. The first-order valence-electron chi connectivity index (χ1n) is 5.38. The molecule has 2 rings (SSSR count). The molecule has 0 saturated heterocycles. The molecule has 5 nitrogen and oxygen atoms in total. The summed E-state index contributed by atoms with van der Waals surface area (Å²) in [4.78, 5) is 18.7. The summed E-state index contributed by atoms with van der Waals surface area (Å²) in [6.07, 6.45) is 0.396.